The average Bonchev–Trinajstić information content (AvgIpc) is 2.86. The van der Waals surface area contributed by atoms with Crippen molar-refractivity contribution in [3.05, 3.63) is 34.7 Å². The first-order chi connectivity index (χ1) is 12.3. The summed E-state index contributed by atoms with van der Waals surface area (Å²) in [7, 11) is -2.34. The highest BCUT2D eigenvalue weighted by atomic mass is 32.2. The van der Waals surface area contributed by atoms with Gasteiger partial charge in [0.05, 0.1) is 0 Å². The van der Waals surface area contributed by atoms with Crippen LogP contribution in [0.3, 0.4) is 0 Å². The summed E-state index contributed by atoms with van der Waals surface area (Å²) in [5, 5.41) is 1.01. The van der Waals surface area contributed by atoms with E-state index in [1.165, 1.54) is 11.8 Å². The molecule has 0 aliphatic carbocycles. The molecule has 3 aromatic heterocycles. The van der Waals surface area contributed by atoms with Gasteiger partial charge < -0.3 is 0 Å². The van der Waals surface area contributed by atoms with Gasteiger partial charge in [-0.25, -0.2) is 28.5 Å². The molecule has 8 nitrogen and oxygen atoms in total. The van der Waals surface area contributed by atoms with Gasteiger partial charge in [-0.2, -0.15) is 4.36 Å². The summed E-state index contributed by atoms with van der Waals surface area (Å²) in [4.78, 5) is 26.0. The summed E-state index contributed by atoms with van der Waals surface area (Å²) >= 11 is 1.40. The second-order valence-corrected chi connectivity index (χ2v) is 9.28. The Hall–Kier alpha value is -2.20. The zero-order valence-electron chi connectivity index (χ0n) is 15.0. The molecule has 0 unspecified atom stereocenters. The van der Waals surface area contributed by atoms with Crippen LogP contribution < -0.4 is 5.56 Å². The summed E-state index contributed by atoms with van der Waals surface area (Å²) in [5.74, 6) is 0.857. The molecule has 3 heterocycles. The molecule has 3 rings (SSSR count). The molecule has 0 aliphatic heterocycles. The lowest BCUT2D eigenvalue weighted by Gasteiger charge is -2.11. The van der Waals surface area contributed by atoms with Crippen LogP contribution in [0.4, 0.5) is 5.82 Å². The number of hydrogen-bond donors (Lipinski definition) is 0. The van der Waals surface area contributed by atoms with Gasteiger partial charge in [-0.1, -0.05) is 24.8 Å². The van der Waals surface area contributed by atoms with Gasteiger partial charge in [0.25, 0.3) is 5.56 Å². The quantitative estimate of drug-likeness (QED) is 0.489. The third-order valence-corrected chi connectivity index (χ3v) is 4.71. The van der Waals surface area contributed by atoms with Crippen LogP contribution in [0, 0.1) is 0 Å². The molecule has 0 amide bonds. The topological polar surface area (TPSA) is 95.0 Å². The molecule has 0 spiro atoms. The van der Waals surface area contributed by atoms with Crippen LogP contribution in [0.15, 0.2) is 38.7 Å². The molecule has 0 aromatic carbocycles. The monoisotopic (exact) mass is 392 g/mol. The van der Waals surface area contributed by atoms with E-state index in [1.54, 1.807) is 46.3 Å². The molecule has 0 saturated carbocycles. The molecular weight excluding hydrogens is 372 g/mol. The van der Waals surface area contributed by atoms with Crippen molar-refractivity contribution in [2.75, 3.05) is 18.8 Å². The third-order valence-electron chi connectivity index (χ3n) is 3.52. The Morgan fingerprint density at radius 1 is 1.27 bits per heavy atom. The molecule has 0 atom stereocenters. The predicted molar refractivity (Wildman–Crippen MR) is 105 cm³/mol. The number of hydrogen-bond acceptors (Lipinski definition) is 7. The zero-order valence-corrected chi connectivity index (χ0v) is 16.7. The Bertz CT molecular complexity index is 1130. The van der Waals surface area contributed by atoms with Crippen molar-refractivity contribution < 1.29 is 4.21 Å². The maximum atomic E-state index is 12.8. The lowest BCUT2D eigenvalue weighted by molar-refractivity contribution is 0.530. The van der Waals surface area contributed by atoms with Gasteiger partial charge in [-0.05, 0) is 24.8 Å². The lowest BCUT2D eigenvalue weighted by Crippen LogP contribution is -2.22. The van der Waals surface area contributed by atoms with E-state index >= 15 is 0 Å². The van der Waals surface area contributed by atoms with Gasteiger partial charge in [0, 0.05) is 35.0 Å². The summed E-state index contributed by atoms with van der Waals surface area (Å²) in [6, 6.07) is 5.24. The highest BCUT2D eigenvalue weighted by molar-refractivity contribution is 7.98. The summed E-state index contributed by atoms with van der Waals surface area (Å²) < 4.78 is 19.4. The molecule has 3 aromatic rings. The van der Waals surface area contributed by atoms with Crippen LogP contribution in [-0.4, -0.2) is 47.3 Å². The van der Waals surface area contributed by atoms with Crippen molar-refractivity contribution in [1.82, 2.24) is 24.3 Å². The van der Waals surface area contributed by atoms with Crippen molar-refractivity contribution >= 4 is 38.3 Å². The molecule has 0 N–H and O–H groups in total. The second kappa shape index (κ2) is 7.20. The van der Waals surface area contributed by atoms with E-state index in [-0.39, 0.29) is 5.56 Å². The van der Waals surface area contributed by atoms with E-state index in [2.05, 4.69) is 19.3 Å². The summed E-state index contributed by atoms with van der Waals surface area (Å²) in [6.45, 7) is 2.51. The van der Waals surface area contributed by atoms with Crippen LogP contribution in [0.5, 0.6) is 0 Å². The highest BCUT2D eigenvalue weighted by Gasteiger charge is 2.18. The molecule has 26 heavy (non-hydrogen) atoms. The number of rotatable bonds is 5. The first kappa shape index (κ1) is 18.6. The van der Waals surface area contributed by atoms with Crippen molar-refractivity contribution in [2.24, 2.45) is 4.36 Å². The number of nitrogens with zero attached hydrogens (tertiary/aromatic N) is 6. The fraction of sp³-hybridized carbons (Fsp3) is 0.375. The third kappa shape index (κ3) is 3.65. The van der Waals surface area contributed by atoms with E-state index in [1.807, 2.05) is 13.2 Å². The molecule has 0 bridgehead atoms. The number of aromatic nitrogens is 5. The van der Waals surface area contributed by atoms with Crippen molar-refractivity contribution in [1.29, 1.82) is 0 Å². The van der Waals surface area contributed by atoms with Gasteiger partial charge in [0.2, 0.25) is 0 Å². The van der Waals surface area contributed by atoms with Crippen molar-refractivity contribution in [2.45, 2.75) is 25.0 Å². The van der Waals surface area contributed by atoms with Crippen LogP contribution in [0.1, 0.15) is 13.3 Å². The fourth-order valence-electron chi connectivity index (χ4n) is 2.56. The van der Waals surface area contributed by atoms with Gasteiger partial charge in [0.15, 0.2) is 22.4 Å². The Kier molecular flexibility index (Phi) is 5.15. The molecule has 0 radical (unpaired) electrons. The van der Waals surface area contributed by atoms with Crippen LogP contribution in [0.25, 0.3) is 16.9 Å². The SMILES string of the molecule is CCCn1c(=O)c2cnc(SC)nc2n1-c1cccc(N=S(C)(C)=O)n1. The first-order valence-corrected chi connectivity index (χ1v) is 11.6. The fourth-order valence-corrected chi connectivity index (χ4v) is 3.45. The predicted octanol–water partition coefficient (Wildman–Crippen LogP) is 2.47. The van der Waals surface area contributed by atoms with Gasteiger partial charge in [-0.3, -0.25) is 4.79 Å². The van der Waals surface area contributed by atoms with E-state index < -0.39 is 9.73 Å². The minimum absolute atomic E-state index is 0.159. The Labute approximate surface area is 155 Å². The smallest absolute Gasteiger partial charge is 0.267 e. The average molecular weight is 393 g/mol. The minimum Gasteiger partial charge on any atom is -0.267 e. The number of fused-ring (bicyclic) bond motifs is 1. The maximum absolute atomic E-state index is 12.8. The lowest BCUT2D eigenvalue weighted by atomic mass is 10.4. The van der Waals surface area contributed by atoms with Crippen LogP contribution in [0.2, 0.25) is 0 Å². The van der Waals surface area contributed by atoms with E-state index in [9.17, 15) is 9.00 Å². The Morgan fingerprint density at radius 3 is 2.69 bits per heavy atom. The van der Waals surface area contributed by atoms with Crippen LogP contribution in [-0.2, 0) is 16.3 Å². The van der Waals surface area contributed by atoms with E-state index in [0.29, 0.717) is 34.4 Å². The minimum atomic E-state index is -2.34. The number of pyridine rings is 1. The van der Waals surface area contributed by atoms with Gasteiger partial charge in [-0.15, -0.1) is 0 Å². The molecule has 138 valence electrons. The van der Waals surface area contributed by atoms with Crippen LogP contribution >= 0.6 is 11.8 Å². The van der Waals surface area contributed by atoms with E-state index in [0.717, 1.165) is 6.42 Å². The summed E-state index contributed by atoms with van der Waals surface area (Å²) in [5.41, 5.74) is 0.342. The van der Waals surface area contributed by atoms with Crippen molar-refractivity contribution in [3.8, 4) is 5.82 Å². The normalized spacial score (nSPS) is 11.8. The standard InChI is InChI=1S/C16H20N6O2S2/c1-5-9-21-15(23)11-10-17-16(25-2)19-14(11)22(21)13-8-6-7-12(18-13)20-26(3,4)24/h6-8,10H,5,9H2,1-4H3. The molecule has 10 heteroatoms. The summed E-state index contributed by atoms with van der Waals surface area (Å²) in [6.07, 6.45) is 7.32. The highest BCUT2D eigenvalue weighted by Crippen LogP contribution is 2.19. The maximum Gasteiger partial charge on any atom is 0.278 e. The molecular formula is C16H20N6O2S2. The second-order valence-electron chi connectivity index (χ2n) is 5.96. The molecule has 0 saturated heterocycles. The van der Waals surface area contributed by atoms with E-state index in [4.69, 9.17) is 0 Å². The Balaban J connectivity index is 2.33. The van der Waals surface area contributed by atoms with Gasteiger partial charge >= 0.3 is 0 Å². The zero-order chi connectivity index (χ0) is 18.9. The number of thioether (sulfide) groups is 1. The van der Waals surface area contributed by atoms with Gasteiger partial charge in [0.1, 0.15) is 5.39 Å². The molecule has 0 fully saturated rings. The largest absolute Gasteiger partial charge is 0.278 e. The molecule has 0 aliphatic rings. The Morgan fingerprint density at radius 2 is 2.04 bits per heavy atom. The first-order valence-electron chi connectivity index (χ1n) is 8.01. The van der Waals surface area contributed by atoms with Crippen molar-refractivity contribution in [3.63, 3.8) is 0 Å².